The summed E-state index contributed by atoms with van der Waals surface area (Å²) in [6.07, 6.45) is 0.908. The molecule has 24 heavy (non-hydrogen) atoms. The summed E-state index contributed by atoms with van der Waals surface area (Å²) >= 11 is 0. The molecule has 0 atom stereocenters. The highest BCUT2D eigenvalue weighted by Crippen LogP contribution is 2.21. The molecule has 1 heterocycles. The third kappa shape index (κ3) is 4.26. The first-order chi connectivity index (χ1) is 11.6. The quantitative estimate of drug-likeness (QED) is 0.743. The number of nitrogens with zero attached hydrogens (tertiary/aromatic N) is 1. The smallest absolute Gasteiger partial charge is 0.355 e. The fourth-order valence-corrected chi connectivity index (χ4v) is 2.98. The summed E-state index contributed by atoms with van der Waals surface area (Å²) < 4.78 is 5.48. The monoisotopic (exact) mass is 328 g/mol. The number of carbonyl (C=O) groups is 1. The third-order valence-corrected chi connectivity index (χ3v) is 4.51. The van der Waals surface area contributed by atoms with Crippen LogP contribution in [0, 0.1) is 6.92 Å². The number of hydrogen-bond donors (Lipinski definition) is 1. The van der Waals surface area contributed by atoms with E-state index in [-0.39, 0.29) is 5.97 Å². The Morgan fingerprint density at radius 2 is 1.79 bits per heavy atom. The number of carbonyl (C=O) groups excluding carboxylic acids is 1. The lowest BCUT2D eigenvalue weighted by molar-refractivity contribution is 0.0465. The average molecular weight is 328 g/mol. The molecule has 2 aromatic rings. The molecule has 0 bridgehead atoms. The van der Waals surface area contributed by atoms with Crippen LogP contribution in [0.15, 0.2) is 30.3 Å². The van der Waals surface area contributed by atoms with Crippen LogP contribution in [0.2, 0.25) is 0 Å². The number of esters is 1. The van der Waals surface area contributed by atoms with E-state index in [4.69, 9.17) is 4.74 Å². The molecule has 0 aliphatic heterocycles. The maximum Gasteiger partial charge on any atom is 0.355 e. The van der Waals surface area contributed by atoms with Crippen molar-refractivity contribution < 1.29 is 9.53 Å². The van der Waals surface area contributed by atoms with E-state index in [1.165, 1.54) is 5.56 Å². The molecule has 0 fully saturated rings. The highest BCUT2D eigenvalue weighted by Gasteiger charge is 2.20. The molecule has 0 amide bonds. The Kier molecular flexibility index (Phi) is 6.62. The summed E-state index contributed by atoms with van der Waals surface area (Å²) in [4.78, 5) is 18.1. The van der Waals surface area contributed by atoms with Crippen LogP contribution in [-0.2, 0) is 24.3 Å². The second kappa shape index (κ2) is 8.69. The van der Waals surface area contributed by atoms with E-state index in [9.17, 15) is 4.79 Å². The zero-order valence-corrected chi connectivity index (χ0v) is 15.2. The van der Waals surface area contributed by atoms with Crippen molar-refractivity contribution in [2.75, 3.05) is 13.1 Å². The van der Waals surface area contributed by atoms with Gasteiger partial charge in [-0.25, -0.2) is 4.79 Å². The topological polar surface area (TPSA) is 45.3 Å². The molecular formula is C20H28N2O2. The molecule has 0 unspecified atom stereocenters. The van der Waals surface area contributed by atoms with Crippen LogP contribution in [0.5, 0.6) is 0 Å². The van der Waals surface area contributed by atoms with Crippen molar-refractivity contribution in [2.24, 2.45) is 0 Å². The Morgan fingerprint density at radius 1 is 1.12 bits per heavy atom. The number of hydrogen-bond acceptors (Lipinski definition) is 3. The molecule has 0 aliphatic rings. The molecule has 4 heteroatoms. The molecule has 2 rings (SSSR count). The molecule has 0 radical (unpaired) electrons. The number of rotatable bonds is 8. The van der Waals surface area contributed by atoms with E-state index in [2.05, 4.69) is 30.7 Å². The predicted molar refractivity (Wildman–Crippen MR) is 97.1 cm³/mol. The van der Waals surface area contributed by atoms with Gasteiger partial charge in [0.15, 0.2) is 0 Å². The van der Waals surface area contributed by atoms with Gasteiger partial charge in [-0.05, 0) is 43.1 Å². The number of H-pyrrole nitrogens is 1. The lowest BCUT2D eigenvalue weighted by Crippen LogP contribution is -2.23. The second-order valence-electron chi connectivity index (χ2n) is 5.96. The zero-order valence-electron chi connectivity index (χ0n) is 15.2. The van der Waals surface area contributed by atoms with E-state index in [1.54, 1.807) is 0 Å². The van der Waals surface area contributed by atoms with Crippen LogP contribution in [0.4, 0.5) is 0 Å². The summed E-state index contributed by atoms with van der Waals surface area (Å²) in [5, 5.41) is 0. The van der Waals surface area contributed by atoms with Gasteiger partial charge in [0, 0.05) is 12.2 Å². The summed E-state index contributed by atoms with van der Waals surface area (Å²) in [7, 11) is 0. The standard InChI is InChI=1S/C20H28N2O2/c1-5-17-15(4)19(21-18(17)13-22(6-2)7-3)20(23)24-14-16-11-9-8-10-12-16/h8-12,21H,5-7,13-14H2,1-4H3. The summed E-state index contributed by atoms with van der Waals surface area (Å²) in [5.41, 5.74) is 4.95. The second-order valence-corrected chi connectivity index (χ2v) is 5.96. The van der Waals surface area contributed by atoms with Gasteiger partial charge in [-0.3, -0.25) is 4.90 Å². The minimum absolute atomic E-state index is 0.281. The van der Waals surface area contributed by atoms with Gasteiger partial charge in [-0.2, -0.15) is 0 Å². The van der Waals surface area contributed by atoms with Crippen LogP contribution < -0.4 is 0 Å². The number of nitrogens with one attached hydrogen (secondary N) is 1. The highest BCUT2D eigenvalue weighted by atomic mass is 16.5. The van der Waals surface area contributed by atoms with Crippen molar-refractivity contribution in [1.29, 1.82) is 0 Å². The summed E-state index contributed by atoms with van der Waals surface area (Å²) in [6, 6.07) is 9.75. The van der Waals surface area contributed by atoms with Crippen LogP contribution in [-0.4, -0.2) is 28.9 Å². The van der Waals surface area contributed by atoms with E-state index in [0.717, 1.165) is 42.9 Å². The fourth-order valence-electron chi connectivity index (χ4n) is 2.98. The van der Waals surface area contributed by atoms with E-state index in [0.29, 0.717) is 12.3 Å². The molecule has 130 valence electrons. The molecule has 4 nitrogen and oxygen atoms in total. The van der Waals surface area contributed by atoms with Crippen molar-refractivity contribution in [3.8, 4) is 0 Å². The molecule has 1 aromatic heterocycles. The van der Waals surface area contributed by atoms with Gasteiger partial charge in [-0.15, -0.1) is 0 Å². The number of aromatic amines is 1. The number of ether oxygens (including phenoxy) is 1. The largest absolute Gasteiger partial charge is 0.456 e. The Morgan fingerprint density at radius 3 is 2.38 bits per heavy atom. The number of aromatic nitrogens is 1. The Hall–Kier alpha value is -2.07. The van der Waals surface area contributed by atoms with Crippen LogP contribution >= 0.6 is 0 Å². The SMILES string of the molecule is CCc1c(CN(CC)CC)[nH]c(C(=O)OCc2ccccc2)c1C. The summed E-state index contributed by atoms with van der Waals surface area (Å²) in [6.45, 7) is 11.5. The molecule has 0 aliphatic carbocycles. The predicted octanol–water partition coefficient (Wildman–Crippen LogP) is 4.08. The molecule has 1 N–H and O–H groups in total. The van der Waals surface area contributed by atoms with Gasteiger partial charge in [0.25, 0.3) is 0 Å². The van der Waals surface area contributed by atoms with Gasteiger partial charge in [0.05, 0.1) is 0 Å². The van der Waals surface area contributed by atoms with E-state index >= 15 is 0 Å². The van der Waals surface area contributed by atoms with Crippen molar-refractivity contribution in [1.82, 2.24) is 9.88 Å². The Balaban J connectivity index is 2.14. The molecule has 1 aromatic carbocycles. The van der Waals surface area contributed by atoms with Crippen molar-refractivity contribution in [3.63, 3.8) is 0 Å². The normalized spacial score (nSPS) is 11.0. The minimum Gasteiger partial charge on any atom is -0.456 e. The maximum atomic E-state index is 12.5. The molecule has 0 saturated carbocycles. The van der Waals surface area contributed by atoms with E-state index in [1.807, 2.05) is 37.3 Å². The fraction of sp³-hybridized carbons (Fsp3) is 0.450. The van der Waals surface area contributed by atoms with Gasteiger partial charge in [0.2, 0.25) is 0 Å². The van der Waals surface area contributed by atoms with Crippen LogP contribution in [0.1, 0.15) is 53.6 Å². The van der Waals surface area contributed by atoms with Gasteiger partial charge < -0.3 is 9.72 Å². The zero-order chi connectivity index (χ0) is 17.5. The van der Waals surface area contributed by atoms with E-state index < -0.39 is 0 Å². The van der Waals surface area contributed by atoms with Crippen molar-refractivity contribution in [3.05, 3.63) is 58.4 Å². The average Bonchev–Trinajstić information content (AvgIpc) is 2.93. The molecule has 0 saturated heterocycles. The van der Waals surface area contributed by atoms with Gasteiger partial charge >= 0.3 is 5.97 Å². The minimum atomic E-state index is -0.281. The van der Waals surface area contributed by atoms with Crippen LogP contribution in [0.3, 0.4) is 0 Å². The Labute approximate surface area is 144 Å². The Bertz CT molecular complexity index is 658. The lowest BCUT2D eigenvalue weighted by Gasteiger charge is -2.18. The lowest BCUT2D eigenvalue weighted by atomic mass is 10.1. The van der Waals surface area contributed by atoms with Gasteiger partial charge in [0.1, 0.15) is 12.3 Å². The van der Waals surface area contributed by atoms with Crippen molar-refractivity contribution >= 4 is 5.97 Å². The third-order valence-electron chi connectivity index (χ3n) is 4.51. The molecule has 0 spiro atoms. The van der Waals surface area contributed by atoms with Gasteiger partial charge in [-0.1, -0.05) is 51.1 Å². The van der Waals surface area contributed by atoms with Crippen molar-refractivity contribution in [2.45, 2.75) is 47.3 Å². The number of benzene rings is 1. The maximum absolute atomic E-state index is 12.5. The first-order valence-corrected chi connectivity index (χ1v) is 8.74. The molecular weight excluding hydrogens is 300 g/mol. The summed E-state index contributed by atoms with van der Waals surface area (Å²) in [5.74, 6) is -0.281. The van der Waals surface area contributed by atoms with Crippen LogP contribution in [0.25, 0.3) is 0 Å². The highest BCUT2D eigenvalue weighted by molar-refractivity contribution is 5.89. The first-order valence-electron chi connectivity index (χ1n) is 8.74. The first kappa shape index (κ1) is 18.3.